The lowest BCUT2D eigenvalue weighted by Gasteiger charge is -2.30. The van der Waals surface area contributed by atoms with Crippen molar-refractivity contribution in [3.63, 3.8) is 0 Å². The fourth-order valence-corrected chi connectivity index (χ4v) is 5.15. The van der Waals surface area contributed by atoms with E-state index in [4.69, 9.17) is 4.74 Å². The molecule has 0 radical (unpaired) electrons. The number of carbonyl (C=O) groups excluding carboxylic acids is 1. The molecule has 2 aromatic heterocycles. The normalized spacial score (nSPS) is 11.6. The van der Waals surface area contributed by atoms with Gasteiger partial charge in [0, 0.05) is 12.1 Å². The quantitative estimate of drug-likeness (QED) is 0.372. The monoisotopic (exact) mass is 479 g/mol. The molecule has 0 spiro atoms. The molecule has 9 heteroatoms. The molecule has 0 aliphatic carbocycles. The molecule has 0 aliphatic heterocycles. The van der Waals surface area contributed by atoms with Crippen molar-refractivity contribution in [1.82, 2.24) is 24.1 Å². The van der Waals surface area contributed by atoms with Crippen LogP contribution >= 0.6 is 11.8 Å². The van der Waals surface area contributed by atoms with Crippen molar-refractivity contribution in [3.8, 4) is 11.4 Å². The number of para-hydroxylation sites is 1. The maximum Gasteiger partial charge on any atom is 0.267 e. The molecule has 2 aromatic carbocycles. The summed E-state index contributed by atoms with van der Waals surface area (Å²) in [4.78, 5) is 28.4. The van der Waals surface area contributed by atoms with Gasteiger partial charge in [0.2, 0.25) is 11.7 Å². The Hall–Kier alpha value is -3.33. The number of fused-ring (bicyclic) bond motifs is 3. The Balaban J connectivity index is 1.89. The Morgan fingerprint density at radius 2 is 1.79 bits per heavy atom. The minimum absolute atomic E-state index is 0.0322. The Labute approximate surface area is 202 Å². The fourth-order valence-electron chi connectivity index (χ4n) is 4.34. The average Bonchev–Trinajstić information content (AvgIpc) is 3.21. The second-order valence-corrected chi connectivity index (χ2v) is 9.67. The molecule has 0 saturated heterocycles. The van der Waals surface area contributed by atoms with E-state index in [0.717, 1.165) is 5.56 Å². The van der Waals surface area contributed by atoms with E-state index in [1.54, 1.807) is 13.2 Å². The molecular formula is C25H29N5O3S. The number of amides is 1. The Kier molecular flexibility index (Phi) is 6.65. The molecule has 0 unspecified atom stereocenters. The van der Waals surface area contributed by atoms with E-state index in [1.165, 1.54) is 16.3 Å². The predicted octanol–water partition coefficient (Wildman–Crippen LogP) is 4.09. The van der Waals surface area contributed by atoms with Crippen molar-refractivity contribution >= 4 is 34.3 Å². The summed E-state index contributed by atoms with van der Waals surface area (Å²) in [5.74, 6) is 1.18. The topological polar surface area (TPSA) is 81.7 Å². The van der Waals surface area contributed by atoms with Crippen LogP contribution < -0.4 is 10.3 Å². The van der Waals surface area contributed by atoms with Crippen molar-refractivity contribution in [2.24, 2.45) is 0 Å². The Morgan fingerprint density at radius 1 is 1.09 bits per heavy atom. The van der Waals surface area contributed by atoms with E-state index in [-0.39, 0.29) is 29.3 Å². The molecular weight excluding hydrogens is 450 g/mol. The highest BCUT2D eigenvalue weighted by atomic mass is 32.2. The van der Waals surface area contributed by atoms with Gasteiger partial charge in [0.05, 0.1) is 29.5 Å². The summed E-state index contributed by atoms with van der Waals surface area (Å²) in [6, 6.07) is 13.2. The van der Waals surface area contributed by atoms with Crippen molar-refractivity contribution in [2.45, 2.75) is 51.9 Å². The third-order valence-electron chi connectivity index (χ3n) is 5.70. The van der Waals surface area contributed by atoms with Crippen LogP contribution in [-0.4, -0.2) is 54.9 Å². The van der Waals surface area contributed by atoms with Gasteiger partial charge in [-0.1, -0.05) is 30.0 Å². The highest BCUT2D eigenvalue weighted by molar-refractivity contribution is 7.99. The van der Waals surface area contributed by atoms with Crippen molar-refractivity contribution in [2.75, 3.05) is 12.9 Å². The smallest absolute Gasteiger partial charge is 0.267 e. The molecule has 8 nitrogen and oxygen atoms in total. The zero-order valence-electron chi connectivity index (χ0n) is 20.3. The second kappa shape index (κ2) is 9.50. The predicted molar refractivity (Wildman–Crippen MR) is 135 cm³/mol. The number of carbonyl (C=O) groups is 1. The second-order valence-electron chi connectivity index (χ2n) is 8.73. The first kappa shape index (κ1) is 23.8. The molecule has 1 amide bonds. The number of rotatable bonds is 7. The van der Waals surface area contributed by atoms with Gasteiger partial charge in [-0.05, 0) is 64.4 Å². The van der Waals surface area contributed by atoms with Gasteiger partial charge in [-0.15, -0.1) is 10.2 Å². The fraction of sp³-hybridized carbons (Fsp3) is 0.360. The molecule has 34 heavy (non-hydrogen) atoms. The van der Waals surface area contributed by atoms with Crippen molar-refractivity contribution in [3.05, 3.63) is 58.4 Å². The zero-order chi connectivity index (χ0) is 24.6. The highest BCUT2D eigenvalue weighted by Gasteiger charge is 2.23. The van der Waals surface area contributed by atoms with E-state index in [2.05, 4.69) is 10.2 Å². The van der Waals surface area contributed by atoms with Crippen molar-refractivity contribution in [1.29, 1.82) is 0 Å². The number of hydrogen-bond acceptors (Lipinski definition) is 6. The number of methoxy groups -OCH3 is 1. The number of aryl methyl sites for hydroxylation is 1. The number of aromatic nitrogens is 4. The van der Waals surface area contributed by atoms with Crippen LogP contribution in [0, 0.1) is 6.92 Å². The summed E-state index contributed by atoms with van der Waals surface area (Å²) in [5, 5.41) is 9.83. The van der Waals surface area contributed by atoms with Gasteiger partial charge in [-0.25, -0.2) is 4.57 Å². The lowest BCUT2D eigenvalue weighted by atomic mass is 10.2. The standard InChI is InChI=1S/C25H29N5O3S/c1-15(2)28(16(3)4)22(31)14-34-25-27-26-24-29(20-13-17(5)11-12-21(20)33-6)23(32)18-9-7-8-10-19(18)30(24)25/h7-13,15-16H,14H2,1-6H3. The lowest BCUT2D eigenvalue weighted by molar-refractivity contribution is -0.131. The van der Waals surface area contributed by atoms with E-state index in [0.29, 0.717) is 33.3 Å². The van der Waals surface area contributed by atoms with Gasteiger partial charge in [-0.2, -0.15) is 0 Å². The molecule has 4 rings (SSSR count). The highest BCUT2D eigenvalue weighted by Crippen LogP contribution is 2.28. The van der Waals surface area contributed by atoms with Gasteiger partial charge in [0.1, 0.15) is 5.75 Å². The van der Waals surface area contributed by atoms with E-state index in [1.807, 2.05) is 80.3 Å². The third-order valence-corrected chi connectivity index (χ3v) is 6.61. The largest absolute Gasteiger partial charge is 0.495 e. The number of ether oxygens (including phenoxy) is 1. The summed E-state index contributed by atoms with van der Waals surface area (Å²) < 4.78 is 8.92. The maximum atomic E-state index is 13.6. The first-order valence-corrected chi connectivity index (χ1v) is 12.2. The van der Waals surface area contributed by atoms with Crippen LogP contribution in [0.1, 0.15) is 33.3 Å². The Bertz CT molecular complexity index is 1420. The SMILES string of the molecule is COc1ccc(C)cc1-n1c(=O)c2ccccc2n2c(SCC(=O)N(C(C)C)C(C)C)nnc12. The van der Waals surface area contributed by atoms with E-state index < -0.39 is 0 Å². The van der Waals surface area contributed by atoms with Crippen molar-refractivity contribution < 1.29 is 9.53 Å². The van der Waals surface area contributed by atoms with E-state index >= 15 is 0 Å². The molecule has 2 heterocycles. The van der Waals surface area contributed by atoms with Crippen LogP contribution in [0.5, 0.6) is 5.75 Å². The lowest BCUT2D eigenvalue weighted by Crippen LogP contribution is -2.43. The van der Waals surface area contributed by atoms with Crippen LogP contribution in [0.2, 0.25) is 0 Å². The van der Waals surface area contributed by atoms with Crippen LogP contribution in [-0.2, 0) is 4.79 Å². The van der Waals surface area contributed by atoms with Gasteiger partial charge in [0.25, 0.3) is 5.56 Å². The number of benzene rings is 2. The molecule has 0 N–H and O–H groups in total. The van der Waals surface area contributed by atoms with Crippen LogP contribution in [0.4, 0.5) is 0 Å². The molecule has 0 bridgehead atoms. The van der Waals surface area contributed by atoms with Crippen LogP contribution in [0.25, 0.3) is 22.4 Å². The molecule has 0 fully saturated rings. The van der Waals surface area contributed by atoms with Gasteiger partial charge < -0.3 is 9.64 Å². The molecule has 0 saturated carbocycles. The summed E-state index contributed by atoms with van der Waals surface area (Å²) in [5.41, 5.74) is 2.05. The summed E-state index contributed by atoms with van der Waals surface area (Å²) >= 11 is 1.32. The van der Waals surface area contributed by atoms with Crippen LogP contribution in [0.15, 0.2) is 52.4 Å². The molecule has 0 atom stereocenters. The maximum absolute atomic E-state index is 13.6. The minimum Gasteiger partial charge on any atom is -0.495 e. The number of nitrogens with zero attached hydrogens (tertiary/aromatic N) is 5. The molecule has 4 aromatic rings. The minimum atomic E-state index is -0.210. The third kappa shape index (κ3) is 4.16. The molecule has 0 aliphatic rings. The number of hydrogen-bond donors (Lipinski definition) is 0. The Morgan fingerprint density at radius 3 is 2.47 bits per heavy atom. The van der Waals surface area contributed by atoms with Crippen LogP contribution in [0.3, 0.4) is 0 Å². The van der Waals surface area contributed by atoms with Gasteiger partial charge in [-0.3, -0.25) is 14.0 Å². The van der Waals surface area contributed by atoms with E-state index in [9.17, 15) is 9.59 Å². The first-order valence-electron chi connectivity index (χ1n) is 11.2. The van der Waals surface area contributed by atoms with Gasteiger partial charge >= 0.3 is 0 Å². The average molecular weight is 480 g/mol. The first-order chi connectivity index (χ1) is 16.2. The summed E-state index contributed by atoms with van der Waals surface area (Å²) in [6.07, 6.45) is 0. The van der Waals surface area contributed by atoms with Gasteiger partial charge in [0.15, 0.2) is 5.16 Å². The summed E-state index contributed by atoms with van der Waals surface area (Å²) in [6.45, 7) is 10.00. The molecule has 178 valence electrons. The zero-order valence-corrected chi connectivity index (χ0v) is 21.1. The number of thioether (sulfide) groups is 1. The summed E-state index contributed by atoms with van der Waals surface area (Å²) in [7, 11) is 1.57.